The van der Waals surface area contributed by atoms with Gasteiger partial charge in [-0.05, 0) is 5.92 Å². The number of hydrogen-bond acceptors (Lipinski definition) is 4. The molecule has 0 aliphatic carbocycles. The largest absolute Gasteiger partial charge is 0.377 e. The number of nitrogens with one attached hydrogen (secondary N) is 1. The lowest BCUT2D eigenvalue weighted by Gasteiger charge is -2.21. The molecule has 0 rings (SSSR count). The summed E-state index contributed by atoms with van der Waals surface area (Å²) in [6.45, 7) is 3.74. The third-order valence-corrected chi connectivity index (χ3v) is 1.57. The minimum atomic E-state index is -0.870. The highest BCUT2D eigenvalue weighted by molar-refractivity contribution is 5.80. The number of carbonyl (C=O) groups is 1. The molecule has 0 bridgehead atoms. The monoisotopic (exact) mass is 175 g/mol. The molecule has 0 aliphatic heterocycles. The quantitative estimate of drug-likeness (QED) is 0.376. The first-order chi connectivity index (χ1) is 5.49. The zero-order valence-corrected chi connectivity index (χ0v) is 7.45. The van der Waals surface area contributed by atoms with Gasteiger partial charge in [0.2, 0.25) is 5.91 Å². The van der Waals surface area contributed by atoms with E-state index in [-0.39, 0.29) is 12.5 Å². The average Bonchev–Trinajstić information content (AvgIpc) is 1.98. The number of rotatable bonds is 5. The van der Waals surface area contributed by atoms with E-state index in [2.05, 4.69) is 5.32 Å². The minimum absolute atomic E-state index is 0.0451. The van der Waals surface area contributed by atoms with Crippen LogP contribution in [0, 0.1) is 5.92 Å². The summed E-state index contributed by atoms with van der Waals surface area (Å²) in [5.74, 6) is -0.429. The molecule has 0 spiro atoms. The van der Waals surface area contributed by atoms with E-state index in [1.54, 1.807) is 0 Å². The lowest BCUT2D eigenvalue weighted by Crippen LogP contribution is -2.51. The molecule has 0 fully saturated rings. The van der Waals surface area contributed by atoms with Gasteiger partial charge in [0.15, 0.2) is 0 Å². The summed E-state index contributed by atoms with van der Waals surface area (Å²) in [6.07, 6.45) is -0.870. The van der Waals surface area contributed by atoms with Crippen molar-refractivity contribution in [2.45, 2.75) is 26.1 Å². The summed E-state index contributed by atoms with van der Waals surface area (Å²) in [7, 11) is 0. The van der Waals surface area contributed by atoms with Gasteiger partial charge in [-0.2, -0.15) is 0 Å². The van der Waals surface area contributed by atoms with E-state index in [1.807, 2.05) is 13.8 Å². The third-order valence-electron chi connectivity index (χ3n) is 1.57. The summed E-state index contributed by atoms with van der Waals surface area (Å²) < 4.78 is 0. The first-order valence-electron chi connectivity index (χ1n) is 3.92. The third kappa shape index (κ3) is 3.66. The molecule has 0 saturated carbocycles. The molecule has 0 aromatic rings. The van der Waals surface area contributed by atoms with Crippen LogP contribution in [0.3, 0.4) is 0 Å². The van der Waals surface area contributed by atoms with Crippen LogP contribution in [0.2, 0.25) is 0 Å². The molecule has 0 aromatic carbocycles. The maximum atomic E-state index is 10.8. The van der Waals surface area contributed by atoms with Crippen LogP contribution in [-0.2, 0) is 4.79 Å². The van der Waals surface area contributed by atoms with Gasteiger partial charge in [0, 0.05) is 6.54 Å². The van der Waals surface area contributed by atoms with Crippen molar-refractivity contribution in [3.63, 3.8) is 0 Å². The predicted molar refractivity (Wildman–Crippen MR) is 46.0 cm³/mol. The second kappa shape index (κ2) is 5.08. The van der Waals surface area contributed by atoms with Gasteiger partial charge in [0.05, 0.1) is 6.04 Å². The summed E-state index contributed by atoms with van der Waals surface area (Å²) in [4.78, 5) is 10.8. The minimum Gasteiger partial charge on any atom is -0.377 e. The number of hydrogen-bond donors (Lipinski definition) is 4. The fraction of sp³-hybridized carbons (Fsp3) is 0.857. The maximum Gasteiger partial charge on any atom is 0.234 e. The van der Waals surface area contributed by atoms with Crippen LogP contribution >= 0.6 is 0 Å². The van der Waals surface area contributed by atoms with Gasteiger partial charge in [0.1, 0.15) is 6.23 Å². The van der Waals surface area contributed by atoms with Crippen molar-refractivity contribution < 1.29 is 9.90 Å². The van der Waals surface area contributed by atoms with Crippen molar-refractivity contribution in [2.75, 3.05) is 6.54 Å². The summed E-state index contributed by atoms with van der Waals surface area (Å²) in [6, 6.07) is -0.524. The van der Waals surface area contributed by atoms with E-state index in [9.17, 15) is 4.79 Å². The molecule has 1 amide bonds. The lowest BCUT2D eigenvalue weighted by atomic mass is 10.0. The van der Waals surface area contributed by atoms with Crippen molar-refractivity contribution in [3.05, 3.63) is 0 Å². The van der Waals surface area contributed by atoms with Crippen LogP contribution in [0.5, 0.6) is 0 Å². The zero-order valence-electron chi connectivity index (χ0n) is 7.45. The van der Waals surface area contributed by atoms with E-state index < -0.39 is 18.2 Å². The topological polar surface area (TPSA) is 101 Å². The number of nitrogens with two attached hydrogens (primary N) is 2. The number of amides is 1. The fourth-order valence-electron chi connectivity index (χ4n) is 0.878. The van der Waals surface area contributed by atoms with Crippen LogP contribution < -0.4 is 16.8 Å². The van der Waals surface area contributed by atoms with Crippen LogP contribution in [0.25, 0.3) is 0 Å². The van der Waals surface area contributed by atoms with Gasteiger partial charge in [-0.15, -0.1) is 0 Å². The van der Waals surface area contributed by atoms with E-state index in [0.29, 0.717) is 0 Å². The Balaban J connectivity index is 4.05. The molecular weight excluding hydrogens is 158 g/mol. The number of carbonyl (C=O) groups excluding carboxylic acids is 1. The molecule has 6 N–H and O–H groups in total. The van der Waals surface area contributed by atoms with Crippen molar-refractivity contribution in [2.24, 2.45) is 17.4 Å². The Bertz CT molecular complexity index is 150. The molecule has 0 aromatic heterocycles. The number of primary amides is 1. The SMILES string of the molecule is CC(C)[C@H](NC(O)CN)C(N)=O. The zero-order chi connectivity index (χ0) is 9.72. The normalized spacial score (nSPS) is 16.1. The number of aliphatic hydroxyl groups is 1. The summed E-state index contributed by atoms with van der Waals surface area (Å²) >= 11 is 0. The van der Waals surface area contributed by atoms with Crippen LogP contribution in [0.15, 0.2) is 0 Å². The molecule has 5 nitrogen and oxygen atoms in total. The van der Waals surface area contributed by atoms with Gasteiger partial charge >= 0.3 is 0 Å². The molecule has 72 valence electrons. The van der Waals surface area contributed by atoms with Gasteiger partial charge in [-0.3, -0.25) is 10.1 Å². The van der Waals surface area contributed by atoms with Gasteiger partial charge in [-0.25, -0.2) is 0 Å². The van der Waals surface area contributed by atoms with E-state index >= 15 is 0 Å². The maximum absolute atomic E-state index is 10.8. The highest BCUT2D eigenvalue weighted by Gasteiger charge is 2.20. The van der Waals surface area contributed by atoms with E-state index in [4.69, 9.17) is 16.6 Å². The van der Waals surface area contributed by atoms with Crippen molar-refractivity contribution >= 4 is 5.91 Å². The molecule has 0 aliphatic rings. The first-order valence-corrected chi connectivity index (χ1v) is 3.92. The Kier molecular flexibility index (Phi) is 4.80. The van der Waals surface area contributed by atoms with Crippen LogP contribution in [0.4, 0.5) is 0 Å². The van der Waals surface area contributed by atoms with Crippen LogP contribution in [-0.4, -0.2) is 29.8 Å². The van der Waals surface area contributed by atoms with Crippen molar-refractivity contribution in [1.82, 2.24) is 5.32 Å². The summed E-state index contributed by atoms with van der Waals surface area (Å²) in [5.41, 5.74) is 10.2. The molecule has 0 heterocycles. The van der Waals surface area contributed by atoms with E-state index in [1.165, 1.54) is 0 Å². The number of aliphatic hydroxyl groups excluding tert-OH is 1. The Morgan fingerprint density at radius 3 is 2.33 bits per heavy atom. The standard InChI is InChI=1S/C7H17N3O2/c1-4(2)6(7(9)12)10-5(11)3-8/h4-6,10-11H,3,8H2,1-2H3,(H2,9,12)/t5?,6-/m0/s1. The fourth-order valence-corrected chi connectivity index (χ4v) is 0.878. The molecule has 5 heteroatoms. The average molecular weight is 175 g/mol. The summed E-state index contributed by atoms with van der Waals surface area (Å²) in [5, 5.41) is 11.7. The van der Waals surface area contributed by atoms with Gasteiger partial charge in [-0.1, -0.05) is 13.8 Å². The lowest BCUT2D eigenvalue weighted by molar-refractivity contribution is -0.122. The Hall–Kier alpha value is -0.650. The Morgan fingerprint density at radius 2 is 2.08 bits per heavy atom. The molecule has 0 saturated heterocycles. The molecule has 0 radical (unpaired) electrons. The Morgan fingerprint density at radius 1 is 1.58 bits per heavy atom. The second-order valence-corrected chi connectivity index (χ2v) is 3.04. The smallest absolute Gasteiger partial charge is 0.234 e. The molecule has 2 atom stereocenters. The second-order valence-electron chi connectivity index (χ2n) is 3.04. The molecule has 12 heavy (non-hydrogen) atoms. The van der Waals surface area contributed by atoms with Gasteiger partial charge < -0.3 is 16.6 Å². The Labute approximate surface area is 72.1 Å². The van der Waals surface area contributed by atoms with Crippen molar-refractivity contribution in [1.29, 1.82) is 0 Å². The first kappa shape index (κ1) is 11.4. The predicted octanol–water partition coefficient (Wildman–Crippen LogP) is -1.64. The molecular formula is C7H17N3O2. The highest BCUT2D eigenvalue weighted by atomic mass is 16.3. The van der Waals surface area contributed by atoms with Crippen LogP contribution in [0.1, 0.15) is 13.8 Å². The van der Waals surface area contributed by atoms with E-state index in [0.717, 1.165) is 0 Å². The highest BCUT2D eigenvalue weighted by Crippen LogP contribution is 2.00. The molecule has 1 unspecified atom stereocenters. The van der Waals surface area contributed by atoms with Gasteiger partial charge in [0.25, 0.3) is 0 Å². The van der Waals surface area contributed by atoms with Crippen molar-refractivity contribution in [3.8, 4) is 0 Å².